The maximum atomic E-state index is 13.0. The van der Waals surface area contributed by atoms with Crippen LogP contribution in [0.15, 0.2) is 33.7 Å². The van der Waals surface area contributed by atoms with Gasteiger partial charge in [-0.3, -0.25) is 4.79 Å². The molecular formula is C19H26N4O4S. The summed E-state index contributed by atoms with van der Waals surface area (Å²) in [5, 5.41) is 7.06. The number of aromatic nitrogens is 2. The van der Waals surface area contributed by atoms with Crippen molar-refractivity contribution in [2.24, 2.45) is 0 Å². The molecule has 1 aliphatic carbocycles. The van der Waals surface area contributed by atoms with Crippen LogP contribution in [0.4, 0.5) is 0 Å². The van der Waals surface area contributed by atoms with Gasteiger partial charge in [0.15, 0.2) is 5.82 Å². The lowest BCUT2D eigenvalue weighted by molar-refractivity contribution is 0.0891. The van der Waals surface area contributed by atoms with Gasteiger partial charge in [0.05, 0.1) is 4.90 Å². The number of amides is 1. The number of rotatable bonds is 7. The first-order chi connectivity index (χ1) is 13.3. The molecule has 0 spiro atoms. The van der Waals surface area contributed by atoms with Crippen LogP contribution in [-0.4, -0.2) is 41.9 Å². The van der Waals surface area contributed by atoms with Gasteiger partial charge in [0, 0.05) is 25.6 Å². The molecule has 2 aromatic rings. The number of sulfonamides is 1. The van der Waals surface area contributed by atoms with Crippen LogP contribution in [0.5, 0.6) is 0 Å². The molecule has 152 valence electrons. The van der Waals surface area contributed by atoms with Crippen molar-refractivity contribution in [2.75, 3.05) is 13.1 Å². The lowest BCUT2D eigenvalue weighted by Crippen LogP contribution is -2.44. The van der Waals surface area contributed by atoms with E-state index in [1.54, 1.807) is 32.9 Å². The Labute approximate surface area is 165 Å². The standard InChI is InChI=1S/C19H26N4O4S/c1-4-23(5-2)28(25,26)16-10-8-9-15(13-16)17(24)21-19(11-6-7-12-19)18-20-14(3)27-22-18/h8-10,13H,4-7,11-12H2,1-3H3,(H,21,24). The van der Waals surface area contributed by atoms with Crippen molar-refractivity contribution in [3.8, 4) is 0 Å². The van der Waals surface area contributed by atoms with Crippen molar-refractivity contribution in [1.29, 1.82) is 0 Å². The molecule has 0 radical (unpaired) electrons. The van der Waals surface area contributed by atoms with Gasteiger partial charge in [-0.2, -0.15) is 9.29 Å². The van der Waals surface area contributed by atoms with Gasteiger partial charge < -0.3 is 9.84 Å². The van der Waals surface area contributed by atoms with Crippen LogP contribution in [0.3, 0.4) is 0 Å². The highest BCUT2D eigenvalue weighted by Crippen LogP contribution is 2.37. The van der Waals surface area contributed by atoms with E-state index in [0.717, 1.165) is 25.7 Å². The maximum absolute atomic E-state index is 13.0. The van der Waals surface area contributed by atoms with Gasteiger partial charge >= 0.3 is 0 Å². The van der Waals surface area contributed by atoms with Gasteiger partial charge in [-0.05, 0) is 31.0 Å². The molecule has 0 bridgehead atoms. The molecule has 0 unspecified atom stereocenters. The third kappa shape index (κ3) is 3.81. The molecule has 8 nitrogen and oxygen atoms in total. The molecule has 1 amide bonds. The highest BCUT2D eigenvalue weighted by molar-refractivity contribution is 7.89. The first-order valence-electron chi connectivity index (χ1n) is 9.56. The molecule has 0 aliphatic heterocycles. The summed E-state index contributed by atoms with van der Waals surface area (Å²) in [7, 11) is -3.63. The Hall–Kier alpha value is -2.26. The van der Waals surface area contributed by atoms with Crippen molar-refractivity contribution in [3.63, 3.8) is 0 Å². The Morgan fingerprint density at radius 1 is 1.25 bits per heavy atom. The molecule has 1 heterocycles. The van der Waals surface area contributed by atoms with Crippen molar-refractivity contribution in [2.45, 2.75) is 56.9 Å². The quantitative estimate of drug-likeness (QED) is 0.758. The van der Waals surface area contributed by atoms with Gasteiger partial charge in [-0.1, -0.05) is 37.9 Å². The molecule has 1 N–H and O–H groups in total. The van der Waals surface area contributed by atoms with Crippen LogP contribution in [0, 0.1) is 6.92 Å². The number of hydrogen-bond acceptors (Lipinski definition) is 6. The number of aryl methyl sites for hydroxylation is 1. The molecule has 1 aliphatic rings. The van der Waals surface area contributed by atoms with Crippen LogP contribution in [0.25, 0.3) is 0 Å². The first kappa shape index (κ1) is 20.5. The van der Waals surface area contributed by atoms with Crippen molar-refractivity contribution in [3.05, 3.63) is 41.5 Å². The van der Waals surface area contributed by atoms with Gasteiger partial charge in [0.1, 0.15) is 5.54 Å². The van der Waals surface area contributed by atoms with Crippen LogP contribution in [0.1, 0.15) is 61.6 Å². The molecule has 0 atom stereocenters. The summed E-state index contributed by atoms with van der Waals surface area (Å²) in [5.41, 5.74) is -0.387. The van der Waals surface area contributed by atoms with Crippen molar-refractivity contribution in [1.82, 2.24) is 19.8 Å². The summed E-state index contributed by atoms with van der Waals surface area (Å²) < 4.78 is 32.0. The number of nitrogens with zero attached hydrogens (tertiary/aromatic N) is 3. The van der Waals surface area contributed by atoms with Gasteiger partial charge in [-0.25, -0.2) is 8.42 Å². The van der Waals surface area contributed by atoms with Crippen LogP contribution < -0.4 is 5.32 Å². The Balaban J connectivity index is 1.89. The first-order valence-corrected chi connectivity index (χ1v) is 11.0. The number of nitrogens with one attached hydrogen (secondary N) is 1. The van der Waals surface area contributed by atoms with Crippen molar-refractivity contribution >= 4 is 15.9 Å². The second-order valence-corrected chi connectivity index (χ2v) is 8.94. The molecule has 1 aromatic heterocycles. The topological polar surface area (TPSA) is 105 Å². The molecule has 28 heavy (non-hydrogen) atoms. The highest BCUT2D eigenvalue weighted by atomic mass is 32.2. The summed E-state index contributed by atoms with van der Waals surface area (Å²) in [6.07, 6.45) is 3.33. The number of hydrogen-bond donors (Lipinski definition) is 1. The number of benzene rings is 1. The molecule has 0 saturated heterocycles. The Morgan fingerprint density at radius 2 is 1.93 bits per heavy atom. The fourth-order valence-electron chi connectivity index (χ4n) is 3.68. The fraction of sp³-hybridized carbons (Fsp3) is 0.526. The largest absolute Gasteiger partial charge is 0.340 e. The number of carbonyl (C=O) groups excluding carboxylic acids is 1. The fourth-order valence-corrected chi connectivity index (χ4v) is 5.18. The predicted molar refractivity (Wildman–Crippen MR) is 103 cm³/mol. The highest BCUT2D eigenvalue weighted by Gasteiger charge is 2.41. The third-order valence-electron chi connectivity index (χ3n) is 5.20. The lowest BCUT2D eigenvalue weighted by Gasteiger charge is -2.27. The van der Waals surface area contributed by atoms with E-state index in [1.165, 1.54) is 16.4 Å². The SMILES string of the molecule is CCN(CC)S(=O)(=O)c1cccc(C(=O)NC2(c3noc(C)n3)CCCC2)c1. The third-order valence-corrected chi connectivity index (χ3v) is 7.25. The molecule has 1 saturated carbocycles. The van der Waals surface area contributed by atoms with Crippen LogP contribution in [0.2, 0.25) is 0 Å². The molecule has 1 aromatic carbocycles. The normalized spacial score (nSPS) is 16.4. The minimum atomic E-state index is -3.63. The second kappa shape index (κ2) is 8.00. The minimum Gasteiger partial charge on any atom is -0.340 e. The van der Waals surface area contributed by atoms with Gasteiger partial charge in [-0.15, -0.1) is 0 Å². The lowest BCUT2D eigenvalue weighted by atomic mass is 9.96. The van der Waals surface area contributed by atoms with E-state index < -0.39 is 15.6 Å². The zero-order chi connectivity index (χ0) is 20.4. The van der Waals surface area contributed by atoms with E-state index in [9.17, 15) is 13.2 Å². The van der Waals surface area contributed by atoms with E-state index >= 15 is 0 Å². The maximum Gasteiger partial charge on any atom is 0.252 e. The van der Waals surface area contributed by atoms with E-state index in [4.69, 9.17) is 4.52 Å². The van der Waals surface area contributed by atoms with Gasteiger partial charge in [0.25, 0.3) is 5.91 Å². The second-order valence-electron chi connectivity index (χ2n) is 7.00. The predicted octanol–water partition coefficient (Wildman–Crippen LogP) is 2.61. The average molecular weight is 407 g/mol. The monoisotopic (exact) mass is 406 g/mol. The average Bonchev–Trinajstić information content (AvgIpc) is 3.32. The molecular weight excluding hydrogens is 380 g/mol. The summed E-state index contributed by atoms with van der Waals surface area (Å²) in [6.45, 7) is 6.02. The Morgan fingerprint density at radius 3 is 2.50 bits per heavy atom. The summed E-state index contributed by atoms with van der Waals surface area (Å²) in [5.74, 6) is 0.576. The van der Waals surface area contributed by atoms with Crippen LogP contribution >= 0.6 is 0 Å². The summed E-state index contributed by atoms with van der Waals surface area (Å²) in [4.78, 5) is 17.4. The molecule has 9 heteroatoms. The zero-order valence-electron chi connectivity index (χ0n) is 16.4. The number of carbonyl (C=O) groups is 1. The van der Waals surface area contributed by atoms with E-state index in [1.807, 2.05) is 0 Å². The van der Waals surface area contributed by atoms with Crippen LogP contribution in [-0.2, 0) is 15.6 Å². The molecule has 1 fully saturated rings. The van der Waals surface area contributed by atoms with Crippen molar-refractivity contribution < 1.29 is 17.7 Å². The van der Waals surface area contributed by atoms with E-state index in [2.05, 4.69) is 15.5 Å². The van der Waals surface area contributed by atoms with E-state index in [-0.39, 0.29) is 10.8 Å². The van der Waals surface area contributed by atoms with Gasteiger partial charge in [0.2, 0.25) is 15.9 Å². The minimum absolute atomic E-state index is 0.111. The Bertz CT molecular complexity index is 944. The summed E-state index contributed by atoms with van der Waals surface area (Å²) >= 11 is 0. The van der Waals surface area contributed by atoms with E-state index in [0.29, 0.717) is 30.4 Å². The summed E-state index contributed by atoms with van der Waals surface area (Å²) in [6, 6.07) is 6.14. The Kier molecular flexibility index (Phi) is 5.85. The molecule has 3 rings (SSSR count). The smallest absolute Gasteiger partial charge is 0.252 e. The zero-order valence-corrected chi connectivity index (χ0v) is 17.3.